The van der Waals surface area contributed by atoms with Gasteiger partial charge in [0.15, 0.2) is 0 Å². The predicted molar refractivity (Wildman–Crippen MR) is 210 cm³/mol. The Morgan fingerprint density at radius 3 is 1.62 bits per heavy atom. The van der Waals surface area contributed by atoms with Crippen LogP contribution < -0.4 is 0 Å². The number of hydrogen-bond acceptors (Lipinski definition) is 2. The van der Waals surface area contributed by atoms with Crippen molar-refractivity contribution in [1.82, 2.24) is 0 Å². The molecule has 9 aromatic carbocycles. The zero-order valence-electron chi connectivity index (χ0n) is 27.0. The monoisotopic (exact) mass is 636 g/mol. The molecule has 2 heteroatoms. The lowest BCUT2D eigenvalue weighted by atomic mass is 9.84. The van der Waals surface area contributed by atoms with Crippen LogP contribution in [-0.2, 0) is 0 Å². The maximum Gasteiger partial charge on any atom is 0.136 e. The maximum atomic E-state index is 6.72. The van der Waals surface area contributed by atoms with Crippen LogP contribution in [0.15, 0.2) is 179 Å². The summed E-state index contributed by atoms with van der Waals surface area (Å²) in [6.45, 7) is 0. The molecule has 0 N–H and O–H groups in total. The van der Waals surface area contributed by atoms with Gasteiger partial charge in [-0.2, -0.15) is 0 Å². The molecular formula is C48H28O2. The highest BCUT2D eigenvalue weighted by Crippen LogP contribution is 2.49. The lowest BCUT2D eigenvalue weighted by molar-refractivity contribution is 0.668. The van der Waals surface area contributed by atoms with E-state index in [-0.39, 0.29) is 0 Å². The Labute approximate surface area is 287 Å². The van der Waals surface area contributed by atoms with E-state index in [0.29, 0.717) is 0 Å². The third-order valence-electron chi connectivity index (χ3n) is 10.4. The first-order valence-electron chi connectivity index (χ1n) is 17.1. The Balaban J connectivity index is 1.32. The summed E-state index contributed by atoms with van der Waals surface area (Å²) in [6.07, 6.45) is 0. The van der Waals surface area contributed by atoms with E-state index in [1.165, 1.54) is 49.0 Å². The fraction of sp³-hybridized carbons (Fsp3) is 0. The van der Waals surface area contributed by atoms with Gasteiger partial charge in [-0.3, -0.25) is 0 Å². The molecule has 0 aliphatic rings. The molecule has 0 amide bonds. The van der Waals surface area contributed by atoms with E-state index in [2.05, 4.69) is 164 Å². The molecule has 0 bridgehead atoms. The van der Waals surface area contributed by atoms with Gasteiger partial charge in [-0.1, -0.05) is 140 Å². The van der Waals surface area contributed by atoms with E-state index < -0.39 is 0 Å². The number of furan rings is 2. The van der Waals surface area contributed by atoms with Crippen molar-refractivity contribution in [2.45, 2.75) is 0 Å². The Morgan fingerprint density at radius 2 is 0.860 bits per heavy atom. The second kappa shape index (κ2) is 10.4. The van der Waals surface area contributed by atoms with Crippen LogP contribution in [0.5, 0.6) is 0 Å². The van der Waals surface area contributed by atoms with E-state index >= 15 is 0 Å². The van der Waals surface area contributed by atoms with Crippen molar-refractivity contribution in [1.29, 1.82) is 0 Å². The van der Waals surface area contributed by atoms with Crippen LogP contribution in [-0.4, -0.2) is 0 Å². The summed E-state index contributed by atoms with van der Waals surface area (Å²) in [4.78, 5) is 0. The van der Waals surface area contributed by atoms with Crippen molar-refractivity contribution >= 4 is 76.2 Å². The molecule has 2 aromatic heterocycles. The first-order chi connectivity index (χ1) is 24.8. The molecule has 11 aromatic rings. The molecule has 0 fully saturated rings. The van der Waals surface area contributed by atoms with Gasteiger partial charge in [0.2, 0.25) is 0 Å². The molecule has 232 valence electrons. The van der Waals surface area contributed by atoms with Crippen molar-refractivity contribution < 1.29 is 8.83 Å². The van der Waals surface area contributed by atoms with Crippen molar-refractivity contribution in [3.05, 3.63) is 170 Å². The van der Waals surface area contributed by atoms with Gasteiger partial charge in [-0.25, -0.2) is 0 Å². The Kier molecular flexibility index (Phi) is 5.70. The van der Waals surface area contributed by atoms with E-state index in [1.807, 2.05) is 6.07 Å². The highest BCUT2D eigenvalue weighted by molar-refractivity contribution is 6.27. The summed E-state index contributed by atoms with van der Waals surface area (Å²) >= 11 is 0. The number of benzene rings is 9. The zero-order chi connectivity index (χ0) is 32.8. The molecule has 0 saturated heterocycles. The molecule has 0 aliphatic carbocycles. The van der Waals surface area contributed by atoms with Crippen LogP contribution in [0.1, 0.15) is 0 Å². The Bertz CT molecular complexity index is 3080. The van der Waals surface area contributed by atoms with Crippen molar-refractivity contribution in [3.8, 4) is 33.4 Å². The maximum absolute atomic E-state index is 6.72. The average Bonchev–Trinajstić information content (AvgIpc) is 3.76. The molecule has 0 radical (unpaired) electrons. The minimum absolute atomic E-state index is 0.869. The minimum Gasteiger partial charge on any atom is -0.456 e. The van der Waals surface area contributed by atoms with E-state index in [4.69, 9.17) is 8.83 Å². The van der Waals surface area contributed by atoms with Gasteiger partial charge in [0.25, 0.3) is 0 Å². The van der Waals surface area contributed by atoms with Crippen LogP contribution in [0.4, 0.5) is 0 Å². The minimum atomic E-state index is 0.869. The summed E-state index contributed by atoms with van der Waals surface area (Å²) in [6, 6.07) is 60.7. The summed E-state index contributed by atoms with van der Waals surface area (Å²) < 4.78 is 13.2. The highest BCUT2D eigenvalue weighted by atomic mass is 16.3. The number of fused-ring (bicyclic) bond motifs is 10. The summed E-state index contributed by atoms with van der Waals surface area (Å²) in [5, 5.41) is 11.8. The van der Waals surface area contributed by atoms with Crippen molar-refractivity contribution in [2.75, 3.05) is 0 Å². The smallest absolute Gasteiger partial charge is 0.136 e. The van der Waals surface area contributed by atoms with Gasteiger partial charge < -0.3 is 8.83 Å². The molecule has 50 heavy (non-hydrogen) atoms. The van der Waals surface area contributed by atoms with Crippen LogP contribution in [0.25, 0.3) is 110 Å². The Morgan fingerprint density at radius 1 is 0.280 bits per heavy atom. The molecule has 0 saturated carbocycles. The van der Waals surface area contributed by atoms with Crippen LogP contribution in [0.3, 0.4) is 0 Å². The predicted octanol–water partition coefficient (Wildman–Crippen LogP) is 13.9. The zero-order valence-corrected chi connectivity index (χ0v) is 27.0. The van der Waals surface area contributed by atoms with E-state index in [9.17, 15) is 0 Å². The lowest BCUT2D eigenvalue weighted by Crippen LogP contribution is -1.92. The highest BCUT2D eigenvalue weighted by Gasteiger charge is 2.23. The van der Waals surface area contributed by atoms with Gasteiger partial charge in [-0.15, -0.1) is 0 Å². The SMILES string of the molecule is c1ccc(-c2c3ccccc3c(-c3cc(-c4cccc5oc6ccc7ccccc7c6c45)cc4oc5ccccc5c34)c3ccccc23)cc1. The first kappa shape index (κ1) is 27.3. The number of rotatable bonds is 3. The van der Waals surface area contributed by atoms with Crippen molar-refractivity contribution in [3.63, 3.8) is 0 Å². The van der Waals surface area contributed by atoms with Crippen LogP contribution in [0, 0.1) is 0 Å². The Hall–Kier alpha value is -6.64. The number of para-hydroxylation sites is 1. The number of hydrogen-bond donors (Lipinski definition) is 0. The quantitative estimate of drug-likeness (QED) is 0.180. The fourth-order valence-corrected chi connectivity index (χ4v) is 8.37. The van der Waals surface area contributed by atoms with Gasteiger partial charge in [0.1, 0.15) is 22.3 Å². The molecule has 0 atom stereocenters. The largest absolute Gasteiger partial charge is 0.456 e. The molecule has 0 spiro atoms. The van der Waals surface area contributed by atoms with E-state index in [1.54, 1.807) is 0 Å². The third kappa shape index (κ3) is 3.85. The fourth-order valence-electron chi connectivity index (χ4n) is 8.37. The first-order valence-corrected chi connectivity index (χ1v) is 17.1. The van der Waals surface area contributed by atoms with E-state index in [0.717, 1.165) is 60.6 Å². The lowest BCUT2D eigenvalue weighted by Gasteiger charge is -2.19. The molecule has 0 unspecified atom stereocenters. The molecule has 2 heterocycles. The van der Waals surface area contributed by atoms with Crippen LogP contribution >= 0.6 is 0 Å². The second-order valence-corrected chi connectivity index (χ2v) is 13.1. The molecular weight excluding hydrogens is 609 g/mol. The van der Waals surface area contributed by atoms with Crippen molar-refractivity contribution in [2.24, 2.45) is 0 Å². The molecule has 2 nitrogen and oxygen atoms in total. The average molecular weight is 637 g/mol. The standard InChI is InChI=1S/C48H28O2/c1-2-14-30(15-3-1)44-34-17-6-8-19-36(34)45(37-20-9-7-18-35(37)44)39-27-31(28-43-46(39)38-21-10-11-23-40(38)49-43)33-22-12-24-41-48(33)47-32-16-5-4-13-29(32)25-26-42(47)50-41/h1-28H. The van der Waals surface area contributed by atoms with Gasteiger partial charge in [0, 0.05) is 21.5 Å². The second-order valence-electron chi connectivity index (χ2n) is 13.1. The summed E-state index contributed by atoms with van der Waals surface area (Å²) in [5.41, 5.74) is 10.6. The summed E-state index contributed by atoms with van der Waals surface area (Å²) in [5.74, 6) is 0. The normalized spacial score (nSPS) is 12.0. The van der Waals surface area contributed by atoms with Crippen LogP contribution in [0.2, 0.25) is 0 Å². The molecule has 0 aliphatic heterocycles. The van der Waals surface area contributed by atoms with Gasteiger partial charge in [0.05, 0.1) is 0 Å². The van der Waals surface area contributed by atoms with Gasteiger partial charge >= 0.3 is 0 Å². The molecule has 11 rings (SSSR count). The topological polar surface area (TPSA) is 26.3 Å². The third-order valence-corrected chi connectivity index (χ3v) is 10.4. The van der Waals surface area contributed by atoms with Gasteiger partial charge in [-0.05, 0) is 96.0 Å². The summed E-state index contributed by atoms with van der Waals surface area (Å²) in [7, 11) is 0.